The number of hydrogen-bond acceptors (Lipinski definition) is 4. The highest BCUT2D eigenvalue weighted by Crippen LogP contribution is 2.24. The van der Waals surface area contributed by atoms with Crippen LogP contribution in [-0.4, -0.2) is 65.5 Å². The summed E-state index contributed by atoms with van der Waals surface area (Å²) in [5, 5.41) is 14.2. The third kappa shape index (κ3) is 5.92. The van der Waals surface area contributed by atoms with Gasteiger partial charge >= 0.3 is 5.97 Å². The van der Waals surface area contributed by atoms with Crippen LogP contribution in [0.4, 0.5) is 5.69 Å². The molecule has 2 aromatic carbocycles. The fourth-order valence-electron chi connectivity index (χ4n) is 4.01. The lowest BCUT2D eigenvalue weighted by Crippen LogP contribution is -2.43. The lowest BCUT2D eigenvalue weighted by molar-refractivity contribution is -0.138. The van der Waals surface area contributed by atoms with Crippen molar-refractivity contribution in [2.45, 2.75) is 38.3 Å². The summed E-state index contributed by atoms with van der Waals surface area (Å²) < 4.78 is 0. The van der Waals surface area contributed by atoms with Crippen molar-refractivity contribution < 1.29 is 14.7 Å². The molecule has 1 heterocycles. The minimum Gasteiger partial charge on any atom is -0.480 e. The van der Waals surface area contributed by atoms with E-state index < -0.39 is 5.97 Å². The Bertz CT molecular complexity index is 840. The molecule has 0 radical (unpaired) electrons. The number of carbonyl (C=O) groups is 2. The molecule has 7 heteroatoms. The molecule has 1 fully saturated rings. The molecule has 0 aliphatic carbocycles. The molecule has 0 bridgehead atoms. The van der Waals surface area contributed by atoms with Crippen LogP contribution < -0.4 is 5.32 Å². The lowest BCUT2D eigenvalue weighted by atomic mass is 10.1. The van der Waals surface area contributed by atoms with Gasteiger partial charge in [-0.15, -0.1) is 12.4 Å². The summed E-state index contributed by atoms with van der Waals surface area (Å²) in [5.74, 6) is -0.805. The van der Waals surface area contributed by atoms with Crippen molar-refractivity contribution in [2.24, 2.45) is 0 Å². The normalized spacial score (nSPS) is 18.7. The number of carboxylic acids is 1. The first-order chi connectivity index (χ1) is 13.5. The zero-order chi connectivity index (χ0) is 20.1. The molecule has 1 amide bonds. The van der Waals surface area contributed by atoms with E-state index in [9.17, 15) is 9.59 Å². The molecule has 1 aliphatic heterocycles. The molecule has 2 atom stereocenters. The standard InChI is InChI=1S/C22H29N3O3.ClH/c1-16(25-13-6-9-18(12-14-25)24(2)15-21(26)27)22(28)23-20-11-5-8-17-7-3-4-10-19(17)20;/h3-5,7-8,10-11,16,18H,6,9,12-15H2,1-2H3,(H,23,28)(H,26,27);1H. The van der Waals surface area contributed by atoms with Crippen LogP contribution in [0.1, 0.15) is 26.2 Å². The average Bonchev–Trinajstić information content (AvgIpc) is 2.93. The van der Waals surface area contributed by atoms with E-state index in [1.807, 2.05) is 61.3 Å². The first-order valence-corrected chi connectivity index (χ1v) is 9.90. The zero-order valence-corrected chi connectivity index (χ0v) is 17.8. The second-order valence-corrected chi connectivity index (χ2v) is 7.62. The Morgan fingerprint density at radius 2 is 1.90 bits per heavy atom. The maximum atomic E-state index is 12.9. The predicted molar refractivity (Wildman–Crippen MR) is 119 cm³/mol. The summed E-state index contributed by atoms with van der Waals surface area (Å²) in [6, 6.07) is 14.0. The van der Waals surface area contributed by atoms with Crippen LogP contribution in [0.15, 0.2) is 42.5 Å². The number of anilines is 1. The van der Waals surface area contributed by atoms with E-state index in [1.165, 1.54) is 0 Å². The molecule has 2 unspecified atom stereocenters. The van der Waals surface area contributed by atoms with Gasteiger partial charge in [0.25, 0.3) is 0 Å². The maximum Gasteiger partial charge on any atom is 0.317 e. The maximum absolute atomic E-state index is 12.9. The molecule has 3 rings (SSSR count). The van der Waals surface area contributed by atoms with Gasteiger partial charge in [-0.05, 0) is 51.2 Å². The van der Waals surface area contributed by atoms with Crippen molar-refractivity contribution in [3.05, 3.63) is 42.5 Å². The van der Waals surface area contributed by atoms with E-state index in [0.29, 0.717) is 0 Å². The van der Waals surface area contributed by atoms with Gasteiger partial charge in [0.2, 0.25) is 5.91 Å². The van der Waals surface area contributed by atoms with E-state index in [-0.39, 0.29) is 36.9 Å². The van der Waals surface area contributed by atoms with Gasteiger partial charge in [0.1, 0.15) is 0 Å². The van der Waals surface area contributed by atoms with Crippen LogP contribution in [0.2, 0.25) is 0 Å². The summed E-state index contributed by atoms with van der Waals surface area (Å²) >= 11 is 0. The number of amides is 1. The number of nitrogens with one attached hydrogen (secondary N) is 1. The van der Waals surface area contributed by atoms with E-state index in [1.54, 1.807) is 0 Å². The zero-order valence-electron chi connectivity index (χ0n) is 17.0. The Labute approximate surface area is 178 Å². The fourth-order valence-corrected chi connectivity index (χ4v) is 4.01. The highest BCUT2D eigenvalue weighted by atomic mass is 35.5. The minimum absolute atomic E-state index is 0. The topological polar surface area (TPSA) is 72.9 Å². The summed E-state index contributed by atoms with van der Waals surface area (Å²) in [7, 11) is 1.87. The van der Waals surface area contributed by atoms with Crippen molar-refractivity contribution >= 4 is 40.7 Å². The molecule has 0 aromatic heterocycles. The number of hydrogen-bond donors (Lipinski definition) is 2. The molecule has 0 spiro atoms. The molecule has 158 valence electrons. The molecule has 0 saturated carbocycles. The number of carboxylic acid groups (broad SMARTS) is 1. The smallest absolute Gasteiger partial charge is 0.317 e. The van der Waals surface area contributed by atoms with Crippen LogP contribution in [-0.2, 0) is 9.59 Å². The van der Waals surface area contributed by atoms with Gasteiger partial charge in [0.15, 0.2) is 0 Å². The van der Waals surface area contributed by atoms with Crippen LogP contribution >= 0.6 is 12.4 Å². The number of rotatable bonds is 6. The third-order valence-corrected chi connectivity index (χ3v) is 5.71. The van der Waals surface area contributed by atoms with Crippen LogP contribution in [0, 0.1) is 0 Å². The summed E-state index contributed by atoms with van der Waals surface area (Å²) in [6.45, 7) is 3.64. The molecule has 1 aliphatic rings. The van der Waals surface area contributed by atoms with Crippen LogP contribution in [0.25, 0.3) is 10.8 Å². The molecule has 6 nitrogen and oxygen atoms in total. The van der Waals surface area contributed by atoms with Crippen molar-refractivity contribution in [3.8, 4) is 0 Å². The van der Waals surface area contributed by atoms with Gasteiger partial charge < -0.3 is 10.4 Å². The fraction of sp³-hybridized carbons (Fsp3) is 0.455. The quantitative estimate of drug-likeness (QED) is 0.750. The summed E-state index contributed by atoms with van der Waals surface area (Å²) in [4.78, 5) is 28.0. The number of fused-ring (bicyclic) bond motifs is 1. The number of aliphatic carboxylic acids is 1. The molecular weight excluding hydrogens is 390 g/mol. The first kappa shape index (κ1) is 23.1. The number of likely N-dealkylation sites (N-methyl/N-ethyl adjacent to an activating group) is 1. The SMILES string of the molecule is CC(C(=O)Nc1cccc2ccccc12)N1CCCC(N(C)CC(=O)O)CC1.Cl. The van der Waals surface area contributed by atoms with Gasteiger partial charge in [0, 0.05) is 23.7 Å². The average molecular weight is 420 g/mol. The lowest BCUT2D eigenvalue weighted by Gasteiger charge is -2.28. The van der Waals surface area contributed by atoms with E-state index >= 15 is 0 Å². The van der Waals surface area contributed by atoms with Crippen LogP contribution in [0.5, 0.6) is 0 Å². The molecule has 1 saturated heterocycles. The number of nitrogens with zero attached hydrogens (tertiary/aromatic N) is 2. The van der Waals surface area contributed by atoms with Crippen molar-refractivity contribution in [1.29, 1.82) is 0 Å². The van der Waals surface area contributed by atoms with Crippen molar-refractivity contribution in [2.75, 3.05) is 32.0 Å². The van der Waals surface area contributed by atoms with E-state index in [2.05, 4.69) is 10.2 Å². The van der Waals surface area contributed by atoms with Gasteiger partial charge in [-0.2, -0.15) is 0 Å². The minimum atomic E-state index is -0.800. The Morgan fingerprint density at radius 1 is 1.17 bits per heavy atom. The molecule has 2 N–H and O–H groups in total. The number of benzene rings is 2. The summed E-state index contributed by atoms with van der Waals surface area (Å²) in [6.07, 6.45) is 2.79. The monoisotopic (exact) mass is 419 g/mol. The van der Waals surface area contributed by atoms with E-state index in [0.717, 1.165) is 48.8 Å². The second kappa shape index (κ2) is 10.6. The highest BCUT2D eigenvalue weighted by molar-refractivity contribution is 6.03. The third-order valence-electron chi connectivity index (χ3n) is 5.71. The van der Waals surface area contributed by atoms with Crippen LogP contribution in [0.3, 0.4) is 0 Å². The first-order valence-electron chi connectivity index (χ1n) is 9.90. The largest absolute Gasteiger partial charge is 0.480 e. The number of halogens is 1. The second-order valence-electron chi connectivity index (χ2n) is 7.62. The highest BCUT2D eigenvalue weighted by Gasteiger charge is 2.27. The van der Waals surface area contributed by atoms with Crippen molar-refractivity contribution in [3.63, 3.8) is 0 Å². The molecule has 2 aromatic rings. The molecule has 29 heavy (non-hydrogen) atoms. The van der Waals surface area contributed by atoms with E-state index in [4.69, 9.17) is 5.11 Å². The Morgan fingerprint density at radius 3 is 2.66 bits per heavy atom. The number of likely N-dealkylation sites (tertiary alicyclic amines) is 1. The Kier molecular flexibility index (Phi) is 8.44. The predicted octanol–water partition coefficient (Wildman–Crippen LogP) is 3.46. The van der Waals surface area contributed by atoms with Gasteiger partial charge in [-0.1, -0.05) is 36.4 Å². The van der Waals surface area contributed by atoms with Gasteiger partial charge in [-0.25, -0.2) is 0 Å². The Balaban J connectivity index is 0.00000300. The Hall–Kier alpha value is -2.15. The van der Waals surface area contributed by atoms with Gasteiger partial charge in [-0.3, -0.25) is 19.4 Å². The number of carbonyl (C=O) groups excluding carboxylic acids is 1. The summed E-state index contributed by atoms with van der Waals surface area (Å²) in [5.41, 5.74) is 0.837. The van der Waals surface area contributed by atoms with Crippen molar-refractivity contribution in [1.82, 2.24) is 9.80 Å². The van der Waals surface area contributed by atoms with Gasteiger partial charge in [0.05, 0.1) is 12.6 Å². The molecular formula is C22H30ClN3O3.